The number of hydrogen-bond acceptors (Lipinski definition) is 4. The number of aromatic nitrogens is 1. The number of nitrogens with one attached hydrogen (secondary N) is 1. The summed E-state index contributed by atoms with van der Waals surface area (Å²) in [6.07, 6.45) is 13.3. The van der Waals surface area contributed by atoms with Gasteiger partial charge in [-0.3, -0.25) is 9.88 Å². The lowest BCUT2D eigenvalue weighted by molar-refractivity contribution is 0.169. The highest BCUT2D eigenvalue weighted by Crippen LogP contribution is 2.16. The van der Waals surface area contributed by atoms with Gasteiger partial charge in [-0.15, -0.1) is 0 Å². The molecule has 26 heavy (non-hydrogen) atoms. The van der Waals surface area contributed by atoms with Crippen LogP contribution in [0.1, 0.15) is 37.9 Å². The normalized spacial score (nSPS) is 16.7. The van der Waals surface area contributed by atoms with Crippen molar-refractivity contribution < 1.29 is 0 Å². The summed E-state index contributed by atoms with van der Waals surface area (Å²) < 4.78 is 0. The fraction of sp³-hybridized carbons (Fsp3) is 0.545. The second-order valence-corrected chi connectivity index (χ2v) is 6.81. The highest BCUT2D eigenvalue weighted by molar-refractivity contribution is 5.22. The molecule has 0 aromatic carbocycles. The van der Waals surface area contributed by atoms with Crippen molar-refractivity contribution in [2.24, 2.45) is 10.9 Å². The molecule has 2 rings (SSSR count). The minimum absolute atomic E-state index is 0.506. The van der Waals surface area contributed by atoms with Crippen LogP contribution in [0.5, 0.6) is 0 Å². The standard InChI is InChI=1S/C20H31N3.C2H5N/c1-4-7-17(2)8-6-15-23(19-10-13-21-14-11-19)16-20-18(3)9-5-12-22-20;1-3-2/h4-9,12,17,19,21H,10-11,13-16H2,1-3H3;1H2,2H3/b7-4-,8-6?;. The van der Waals surface area contributed by atoms with E-state index >= 15 is 0 Å². The lowest BCUT2D eigenvalue weighted by Gasteiger charge is -2.34. The van der Waals surface area contributed by atoms with Gasteiger partial charge in [-0.05, 0) is 64.0 Å². The largest absolute Gasteiger partial charge is 0.317 e. The second kappa shape index (κ2) is 13.4. The van der Waals surface area contributed by atoms with Gasteiger partial charge in [-0.1, -0.05) is 37.3 Å². The first kappa shape index (κ1) is 22.3. The van der Waals surface area contributed by atoms with E-state index in [1.54, 1.807) is 7.05 Å². The van der Waals surface area contributed by atoms with Gasteiger partial charge < -0.3 is 10.3 Å². The number of rotatable bonds is 7. The fourth-order valence-electron chi connectivity index (χ4n) is 3.17. The summed E-state index contributed by atoms with van der Waals surface area (Å²) in [5.41, 5.74) is 2.50. The number of hydrogen-bond donors (Lipinski definition) is 1. The molecule has 0 bridgehead atoms. The SMILES string of the molecule is C/C=C\C(C)C=CCN(Cc1ncccc1C)C1CCNCC1.C=NC. The van der Waals surface area contributed by atoms with Crippen molar-refractivity contribution in [3.63, 3.8) is 0 Å². The van der Waals surface area contributed by atoms with Crippen LogP contribution in [-0.2, 0) is 6.54 Å². The minimum atomic E-state index is 0.506. The summed E-state index contributed by atoms with van der Waals surface area (Å²) in [5, 5.41) is 3.47. The Kier molecular flexibility index (Phi) is 11.5. The van der Waals surface area contributed by atoms with E-state index < -0.39 is 0 Å². The molecule has 1 fully saturated rings. The van der Waals surface area contributed by atoms with Gasteiger partial charge >= 0.3 is 0 Å². The Morgan fingerprint density at radius 3 is 2.69 bits per heavy atom. The number of nitrogens with zero attached hydrogens (tertiary/aromatic N) is 3. The third-order valence-electron chi connectivity index (χ3n) is 4.57. The molecule has 1 saturated heterocycles. The summed E-state index contributed by atoms with van der Waals surface area (Å²) >= 11 is 0. The molecule has 1 N–H and O–H groups in total. The zero-order chi connectivity index (χ0) is 19.2. The maximum atomic E-state index is 4.59. The lowest BCUT2D eigenvalue weighted by Crippen LogP contribution is -2.43. The molecule has 0 spiro atoms. The van der Waals surface area contributed by atoms with Gasteiger partial charge in [0, 0.05) is 32.4 Å². The van der Waals surface area contributed by atoms with E-state index in [0.717, 1.165) is 26.2 Å². The van der Waals surface area contributed by atoms with Crippen LogP contribution in [0, 0.1) is 12.8 Å². The zero-order valence-electron chi connectivity index (χ0n) is 17.0. The van der Waals surface area contributed by atoms with Crippen molar-refractivity contribution in [3.05, 3.63) is 53.9 Å². The molecular formula is C22H36N4. The number of aryl methyl sites for hydroxylation is 1. The molecule has 4 heteroatoms. The molecule has 2 heterocycles. The first-order valence-corrected chi connectivity index (χ1v) is 9.61. The third-order valence-corrected chi connectivity index (χ3v) is 4.57. The quantitative estimate of drug-likeness (QED) is 0.592. The summed E-state index contributed by atoms with van der Waals surface area (Å²) in [5.74, 6) is 0.506. The lowest BCUT2D eigenvalue weighted by atomic mass is 10.0. The van der Waals surface area contributed by atoms with Crippen LogP contribution in [0.2, 0.25) is 0 Å². The highest BCUT2D eigenvalue weighted by atomic mass is 15.2. The van der Waals surface area contributed by atoms with Crippen molar-refractivity contribution in [1.29, 1.82) is 0 Å². The van der Waals surface area contributed by atoms with Crippen LogP contribution in [0.4, 0.5) is 0 Å². The van der Waals surface area contributed by atoms with E-state index in [0.29, 0.717) is 12.0 Å². The van der Waals surface area contributed by atoms with Gasteiger partial charge in [-0.25, -0.2) is 0 Å². The molecule has 0 aliphatic carbocycles. The molecule has 1 aliphatic heterocycles. The Morgan fingerprint density at radius 2 is 2.08 bits per heavy atom. The average Bonchev–Trinajstić information content (AvgIpc) is 2.64. The molecule has 144 valence electrons. The molecular weight excluding hydrogens is 320 g/mol. The van der Waals surface area contributed by atoms with Crippen molar-refractivity contribution in [2.75, 3.05) is 26.7 Å². The summed E-state index contributed by atoms with van der Waals surface area (Å²) in [6.45, 7) is 13.8. The van der Waals surface area contributed by atoms with E-state index in [1.807, 2.05) is 12.3 Å². The average molecular weight is 357 g/mol. The number of aliphatic imine (C=N–C) groups is 1. The zero-order valence-corrected chi connectivity index (χ0v) is 17.0. The van der Waals surface area contributed by atoms with Crippen LogP contribution >= 0.6 is 0 Å². The Hall–Kier alpha value is -1.78. The molecule has 0 radical (unpaired) electrons. The van der Waals surface area contributed by atoms with E-state index in [2.05, 4.69) is 78.1 Å². The van der Waals surface area contributed by atoms with Gasteiger partial charge in [0.1, 0.15) is 0 Å². The first-order chi connectivity index (χ1) is 12.6. The second-order valence-electron chi connectivity index (χ2n) is 6.81. The van der Waals surface area contributed by atoms with Crippen molar-refractivity contribution in [1.82, 2.24) is 15.2 Å². The van der Waals surface area contributed by atoms with Crippen LogP contribution in [0.15, 0.2) is 47.6 Å². The maximum absolute atomic E-state index is 4.59. The Labute approximate surface area is 160 Å². The number of piperidine rings is 1. The monoisotopic (exact) mass is 356 g/mol. The van der Waals surface area contributed by atoms with E-state index in [1.165, 1.54) is 24.1 Å². The van der Waals surface area contributed by atoms with Crippen LogP contribution < -0.4 is 5.32 Å². The predicted molar refractivity (Wildman–Crippen MR) is 114 cm³/mol. The van der Waals surface area contributed by atoms with Gasteiger partial charge in [-0.2, -0.15) is 0 Å². The summed E-state index contributed by atoms with van der Waals surface area (Å²) in [6, 6.07) is 4.83. The van der Waals surface area contributed by atoms with Crippen LogP contribution in [-0.4, -0.2) is 49.3 Å². The fourth-order valence-corrected chi connectivity index (χ4v) is 3.17. The van der Waals surface area contributed by atoms with Crippen molar-refractivity contribution >= 4 is 6.72 Å². The van der Waals surface area contributed by atoms with Crippen LogP contribution in [0.25, 0.3) is 0 Å². The van der Waals surface area contributed by atoms with Gasteiger partial charge in [0.25, 0.3) is 0 Å². The third kappa shape index (κ3) is 8.54. The maximum Gasteiger partial charge on any atom is 0.0573 e. The molecule has 0 saturated carbocycles. The highest BCUT2D eigenvalue weighted by Gasteiger charge is 2.21. The Bertz CT molecular complexity index is 559. The molecule has 1 aromatic rings. The Balaban J connectivity index is 0.00000105. The predicted octanol–water partition coefficient (Wildman–Crippen LogP) is 4.03. The smallest absolute Gasteiger partial charge is 0.0573 e. The topological polar surface area (TPSA) is 40.5 Å². The number of allylic oxidation sites excluding steroid dienone is 3. The van der Waals surface area contributed by atoms with Crippen LogP contribution in [0.3, 0.4) is 0 Å². The molecule has 1 unspecified atom stereocenters. The Morgan fingerprint density at radius 1 is 1.38 bits per heavy atom. The minimum Gasteiger partial charge on any atom is -0.317 e. The van der Waals surface area contributed by atoms with Gasteiger partial charge in [0.05, 0.1) is 5.69 Å². The summed E-state index contributed by atoms with van der Waals surface area (Å²) in [4.78, 5) is 10.4. The molecule has 4 nitrogen and oxygen atoms in total. The van der Waals surface area contributed by atoms with E-state index in [4.69, 9.17) is 0 Å². The molecule has 0 amide bonds. The molecule has 1 atom stereocenters. The van der Waals surface area contributed by atoms with Crippen molar-refractivity contribution in [3.8, 4) is 0 Å². The van der Waals surface area contributed by atoms with E-state index in [-0.39, 0.29) is 0 Å². The molecule has 1 aliphatic rings. The van der Waals surface area contributed by atoms with Gasteiger partial charge in [0.2, 0.25) is 0 Å². The van der Waals surface area contributed by atoms with Gasteiger partial charge in [0.15, 0.2) is 0 Å². The van der Waals surface area contributed by atoms with E-state index in [9.17, 15) is 0 Å². The van der Waals surface area contributed by atoms with Crippen molar-refractivity contribution in [2.45, 2.75) is 46.2 Å². The summed E-state index contributed by atoms with van der Waals surface area (Å²) in [7, 11) is 1.64. The number of pyridine rings is 1. The first-order valence-electron chi connectivity index (χ1n) is 9.61. The molecule has 1 aromatic heterocycles.